The van der Waals surface area contributed by atoms with E-state index in [1.807, 2.05) is 22.6 Å². The number of alkyl halides is 3. The Balaban J connectivity index is 2.05. The predicted molar refractivity (Wildman–Crippen MR) is 152 cm³/mol. The van der Waals surface area contributed by atoms with Crippen LogP contribution in [0.2, 0.25) is 10.0 Å². The van der Waals surface area contributed by atoms with Crippen molar-refractivity contribution in [2.75, 3.05) is 13.2 Å². The Labute approximate surface area is 247 Å². The van der Waals surface area contributed by atoms with E-state index in [9.17, 15) is 22.8 Å². The van der Waals surface area contributed by atoms with Crippen LogP contribution in [-0.2, 0) is 9.53 Å². The van der Waals surface area contributed by atoms with Gasteiger partial charge in [0.2, 0.25) is 0 Å². The lowest BCUT2D eigenvalue weighted by atomic mass is 9.95. The van der Waals surface area contributed by atoms with E-state index < -0.39 is 35.0 Å². The van der Waals surface area contributed by atoms with E-state index in [0.29, 0.717) is 24.9 Å². The van der Waals surface area contributed by atoms with Crippen LogP contribution in [0.4, 0.5) is 13.2 Å². The quantitative estimate of drug-likeness (QED) is 0.176. The molecule has 2 aromatic carbocycles. The minimum atomic E-state index is -5.00. The van der Waals surface area contributed by atoms with Gasteiger partial charge in [0.25, 0.3) is 5.56 Å². The van der Waals surface area contributed by atoms with E-state index in [1.165, 1.54) is 37.3 Å². The molecule has 0 saturated heterocycles. The highest BCUT2D eigenvalue weighted by atomic mass is 127. The lowest BCUT2D eigenvalue weighted by Crippen LogP contribution is -2.41. The highest BCUT2D eigenvalue weighted by molar-refractivity contribution is 14.1. The summed E-state index contributed by atoms with van der Waals surface area (Å²) in [6.45, 7) is 5.10. The minimum Gasteiger partial charge on any atom is -0.488 e. The number of rotatable bonds is 7. The van der Waals surface area contributed by atoms with Gasteiger partial charge in [0.1, 0.15) is 12.4 Å². The number of fused-ring (bicyclic) bond motifs is 1. The van der Waals surface area contributed by atoms with E-state index in [2.05, 4.69) is 11.6 Å². The van der Waals surface area contributed by atoms with Gasteiger partial charge in [0.15, 0.2) is 10.5 Å². The second-order valence-electron chi connectivity index (χ2n) is 8.02. The fourth-order valence-electron chi connectivity index (χ4n) is 3.92. The van der Waals surface area contributed by atoms with Crippen LogP contribution in [0.5, 0.6) is 5.75 Å². The van der Waals surface area contributed by atoms with Crippen LogP contribution in [0.1, 0.15) is 24.1 Å². The first-order valence-corrected chi connectivity index (χ1v) is 13.9. The molecule has 3 aromatic rings. The van der Waals surface area contributed by atoms with E-state index >= 15 is 0 Å². The maximum Gasteiger partial charge on any atom is 0.434 e. The number of allylic oxidation sites excluding steroid dienone is 1. The van der Waals surface area contributed by atoms with Gasteiger partial charge in [-0.3, -0.25) is 9.36 Å². The Bertz CT molecular complexity index is 1660. The average Bonchev–Trinajstić information content (AvgIpc) is 3.17. The number of ether oxygens (including phenoxy) is 2. The molecular weight excluding hydrogens is 691 g/mol. The highest BCUT2D eigenvalue weighted by Crippen LogP contribution is 2.38. The van der Waals surface area contributed by atoms with Crippen LogP contribution in [0.3, 0.4) is 0 Å². The Morgan fingerprint density at radius 2 is 1.92 bits per heavy atom. The second-order valence-corrected chi connectivity index (χ2v) is 11.1. The molecule has 0 radical (unpaired) electrons. The van der Waals surface area contributed by atoms with Crippen molar-refractivity contribution in [1.82, 2.24) is 4.57 Å². The van der Waals surface area contributed by atoms with Gasteiger partial charge in [-0.15, -0.1) is 0 Å². The van der Waals surface area contributed by atoms with E-state index in [-0.39, 0.29) is 28.1 Å². The number of nitrogens with zero attached hydrogens (tertiary/aromatic N) is 2. The third kappa shape index (κ3) is 6.11. The van der Waals surface area contributed by atoms with Gasteiger partial charge in [-0.1, -0.05) is 59.3 Å². The third-order valence-electron chi connectivity index (χ3n) is 5.45. The SMILES string of the molecule is C=CCOc1c(I)cc(Cl)cc1/C=c1\sc2n(c1=O)[C@H](c1ccc(Cl)cc1)C(C(=O)OCC)=C(C(F)(F)F)N=2. The molecule has 39 heavy (non-hydrogen) atoms. The van der Waals surface area contributed by atoms with Crippen molar-refractivity contribution in [3.05, 3.63) is 105 Å². The Morgan fingerprint density at radius 1 is 1.23 bits per heavy atom. The van der Waals surface area contributed by atoms with Crippen molar-refractivity contribution in [1.29, 1.82) is 0 Å². The first kappa shape index (κ1) is 29.4. The molecule has 0 amide bonds. The molecule has 0 aliphatic carbocycles. The van der Waals surface area contributed by atoms with Crippen molar-refractivity contribution >= 4 is 69.2 Å². The summed E-state index contributed by atoms with van der Waals surface area (Å²) in [5, 5.41) is 0.693. The van der Waals surface area contributed by atoms with Crippen LogP contribution in [-0.4, -0.2) is 29.9 Å². The molecule has 1 aliphatic rings. The summed E-state index contributed by atoms with van der Waals surface area (Å²) in [5.41, 5.74) is -2.23. The first-order chi connectivity index (χ1) is 18.5. The largest absolute Gasteiger partial charge is 0.488 e. The summed E-state index contributed by atoms with van der Waals surface area (Å²) in [5.74, 6) is -0.810. The van der Waals surface area contributed by atoms with Crippen molar-refractivity contribution in [3.63, 3.8) is 0 Å². The van der Waals surface area contributed by atoms with E-state index in [1.54, 1.807) is 18.2 Å². The summed E-state index contributed by atoms with van der Waals surface area (Å²) in [6, 6.07) is 7.59. The fraction of sp³-hybridized carbons (Fsp3) is 0.192. The number of esters is 1. The lowest BCUT2D eigenvalue weighted by molar-refractivity contribution is -0.140. The zero-order chi connectivity index (χ0) is 28.5. The average molecular weight is 709 g/mol. The molecule has 1 atom stereocenters. The number of hydrogen-bond donors (Lipinski definition) is 0. The standard InChI is InChI=1S/C26H18Cl2F3IN2O4S/c1-3-9-38-21-14(10-16(28)12-17(21)32)11-18-23(35)34-20(13-5-7-15(27)8-6-13)19(24(36)37-4-2)22(26(29,30)31)33-25(34)39-18/h3,5-8,10-12,20H,1,4,9H2,2H3/b18-11-/t20-/m1/s1. The molecule has 0 saturated carbocycles. The molecule has 13 heteroatoms. The van der Waals surface area contributed by atoms with Gasteiger partial charge in [0, 0.05) is 15.6 Å². The third-order valence-corrected chi connectivity index (χ3v) is 7.70. The minimum absolute atomic E-state index is 0.0564. The van der Waals surface area contributed by atoms with Gasteiger partial charge in [0.05, 0.1) is 26.3 Å². The zero-order valence-corrected chi connectivity index (χ0v) is 24.5. The van der Waals surface area contributed by atoms with Crippen LogP contribution in [0, 0.1) is 3.57 Å². The zero-order valence-electron chi connectivity index (χ0n) is 20.0. The molecule has 0 unspecified atom stereocenters. The highest BCUT2D eigenvalue weighted by Gasteiger charge is 2.45. The van der Waals surface area contributed by atoms with Gasteiger partial charge < -0.3 is 9.47 Å². The van der Waals surface area contributed by atoms with Crippen molar-refractivity contribution in [2.45, 2.75) is 19.1 Å². The molecular formula is C26H18Cl2F3IN2O4S. The normalized spacial score (nSPS) is 15.6. The molecule has 0 N–H and O–H groups in total. The van der Waals surface area contributed by atoms with Crippen LogP contribution < -0.4 is 19.6 Å². The summed E-state index contributed by atoms with van der Waals surface area (Å²) in [6.07, 6.45) is -1.99. The number of carbonyl (C=O) groups is 1. The van der Waals surface area contributed by atoms with E-state index in [0.717, 1.165) is 15.9 Å². The second kappa shape index (κ2) is 11.9. The van der Waals surface area contributed by atoms with Gasteiger partial charge in [-0.05, 0) is 65.4 Å². The number of hydrogen-bond acceptors (Lipinski definition) is 6. The number of halogens is 6. The molecule has 4 rings (SSSR count). The van der Waals surface area contributed by atoms with Crippen LogP contribution in [0.15, 0.2) is 70.1 Å². The summed E-state index contributed by atoms with van der Waals surface area (Å²) in [4.78, 5) is 30.2. The lowest BCUT2D eigenvalue weighted by Gasteiger charge is -2.26. The van der Waals surface area contributed by atoms with Gasteiger partial charge >= 0.3 is 12.1 Å². The van der Waals surface area contributed by atoms with Crippen LogP contribution >= 0.6 is 57.1 Å². The number of thiazole rings is 1. The maximum absolute atomic E-state index is 14.2. The van der Waals surface area contributed by atoms with Gasteiger partial charge in [-0.2, -0.15) is 13.2 Å². The molecule has 6 nitrogen and oxygen atoms in total. The smallest absolute Gasteiger partial charge is 0.434 e. The molecule has 0 bridgehead atoms. The molecule has 204 valence electrons. The number of aromatic nitrogens is 1. The molecule has 0 spiro atoms. The summed E-state index contributed by atoms with van der Waals surface area (Å²) in [7, 11) is 0. The first-order valence-electron chi connectivity index (χ1n) is 11.2. The molecule has 2 heterocycles. The monoisotopic (exact) mass is 708 g/mol. The Kier molecular flexibility index (Phi) is 8.94. The fourth-order valence-corrected chi connectivity index (χ4v) is 6.26. The predicted octanol–water partition coefficient (Wildman–Crippen LogP) is 5.82. The Hall–Kier alpha value is -2.61. The van der Waals surface area contributed by atoms with Crippen molar-refractivity contribution in [2.24, 2.45) is 4.99 Å². The Morgan fingerprint density at radius 3 is 2.54 bits per heavy atom. The summed E-state index contributed by atoms with van der Waals surface area (Å²) >= 11 is 15.0. The van der Waals surface area contributed by atoms with E-state index in [4.69, 9.17) is 32.7 Å². The molecule has 0 fully saturated rings. The van der Waals surface area contributed by atoms with Gasteiger partial charge in [-0.25, -0.2) is 9.79 Å². The maximum atomic E-state index is 14.2. The van der Waals surface area contributed by atoms with Crippen molar-refractivity contribution < 1.29 is 27.4 Å². The number of benzene rings is 2. The van der Waals surface area contributed by atoms with Crippen molar-refractivity contribution in [3.8, 4) is 5.75 Å². The number of carbonyl (C=O) groups excluding carboxylic acids is 1. The summed E-state index contributed by atoms with van der Waals surface area (Å²) < 4.78 is 55.2. The molecule has 1 aromatic heterocycles. The van der Waals surface area contributed by atoms with Crippen LogP contribution in [0.25, 0.3) is 6.08 Å². The topological polar surface area (TPSA) is 69.9 Å². The molecule has 1 aliphatic heterocycles.